The number of fused-ring (bicyclic) bond motifs is 9. The second-order valence-corrected chi connectivity index (χ2v) is 13.7. The van der Waals surface area contributed by atoms with Crippen LogP contribution < -0.4 is 5.43 Å². The first-order valence-corrected chi connectivity index (χ1v) is 18.5. The number of benzene rings is 6. The molecule has 0 radical (unpaired) electrons. The summed E-state index contributed by atoms with van der Waals surface area (Å²) in [6.45, 7) is 12.7. The topological polar surface area (TPSA) is 69.6 Å². The molecule has 7 aromatic rings. The van der Waals surface area contributed by atoms with E-state index in [0.717, 1.165) is 35.2 Å². The highest BCUT2D eigenvalue weighted by molar-refractivity contribution is 6.25. The summed E-state index contributed by atoms with van der Waals surface area (Å²) in [7, 11) is 0. The van der Waals surface area contributed by atoms with Gasteiger partial charge in [-0.2, -0.15) is 10.2 Å². The normalized spacial score (nSPS) is 14.2. The molecule has 0 saturated carbocycles. The minimum Gasteiger partial charge on any atom is -0.313 e. The van der Waals surface area contributed by atoms with Gasteiger partial charge in [0.25, 0.3) is 0 Å². The fraction of sp³-hybridized carbons (Fsp3) is 0.0833. The van der Waals surface area contributed by atoms with Crippen LogP contribution in [0.4, 0.5) is 0 Å². The average Bonchev–Trinajstić information content (AvgIpc) is 3.58. The molecule has 1 aromatic heterocycles. The highest BCUT2D eigenvalue weighted by atomic mass is 15.5. The third-order valence-corrected chi connectivity index (χ3v) is 10.5. The van der Waals surface area contributed by atoms with Gasteiger partial charge in [-0.05, 0) is 112 Å². The van der Waals surface area contributed by atoms with Gasteiger partial charge in [0.2, 0.25) is 0 Å². The number of aromatic nitrogens is 1. The van der Waals surface area contributed by atoms with Crippen molar-refractivity contribution in [1.29, 1.82) is 0 Å². The van der Waals surface area contributed by atoms with Crippen molar-refractivity contribution in [2.75, 3.05) is 13.1 Å². The van der Waals surface area contributed by atoms with Gasteiger partial charge in [0, 0.05) is 39.7 Å². The second kappa shape index (κ2) is 14.4. The Kier molecular flexibility index (Phi) is 8.80. The molecule has 7 nitrogen and oxygen atoms in total. The number of hydrogen-bond acceptors (Lipinski definition) is 4. The van der Waals surface area contributed by atoms with Gasteiger partial charge in [0.1, 0.15) is 0 Å². The molecule has 0 amide bonds. The molecule has 0 atom stereocenters. The second-order valence-electron chi connectivity index (χ2n) is 13.7. The van der Waals surface area contributed by atoms with Crippen LogP contribution in [0.15, 0.2) is 166 Å². The van der Waals surface area contributed by atoms with Gasteiger partial charge in [-0.1, -0.05) is 97.1 Å². The summed E-state index contributed by atoms with van der Waals surface area (Å²) in [5.74, 6) is 0.952. The molecule has 9 rings (SSSR count). The molecule has 0 unspecified atom stereocenters. The van der Waals surface area contributed by atoms with Crippen LogP contribution in [0.1, 0.15) is 28.8 Å². The molecule has 0 spiro atoms. The summed E-state index contributed by atoms with van der Waals surface area (Å²) in [4.78, 5) is 8.71. The van der Waals surface area contributed by atoms with Crippen LogP contribution in [-0.2, 0) is 6.42 Å². The number of aliphatic imine (C=N–C) groups is 2. The van der Waals surface area contributed by atoms with Crippen molar-refractivity contribution in [2.45, 2.75) is 12.8 Å². The lowest BCUT2D eigenvalue weighted by Crippen LogP contribution is -2.16. The maximum Gasteiger partial charge on any atom is 0.179 e. The minimum absolute atomic E-state index is 0.457. The number of hydrazone groups is 2. The number of hydrogen-bond donors (Lipinski definition) is 1. The van der Waals surface area contributed by atoms with Gasteiger partial charge >= 0.3 is 0 Å². The smallest absolute Gasteiger partial charge is 0.179 e. The molecular formula is C48H39N7. The standard InChI is InChI=1S/C48H39N7/c1-4-24-51-52-47(49-2)34-27-35(48(50-3)53-54-25-12-5-13-26-54)29-36(28-34)55-45-19-11-10-18-42(45)44-31-33(21-23-46(44)55)32-20-22-41-39-16-7-6-14-37(39)38-15-8-9-17-40(38)43(41)30-32/h4-10,12-18,20-23,25,27-31,51H,1-3,11,19,24,26H2/b52-47-,53-48-. The van der Waals surface area contributed by atoms with Crippen molar-refractivity contribution in [1.82, 2.24) is 15.0 Å². The van der Waals surface area contributed by atoms with E-state index >= 15 is 0 Å². The van der Waals surface area contributed by atoms with Crippen molar-refractivity contribution < 1.29 is 0 Å². The summed E-state index contributed by atoms with van der Waals surface area (Å²) in [5.41, 5.74) is 11.5. The van der Waals surface area contributed by atoms with Gasteiger partial charge in [0.15, 0.2) is 11.7 Å². The first kappa shape index (κ1) is 33.7. The summed E-state index contributed by atoms with van der Waals surface area (Å²) in [5, 5.41) is 20.1. The number of nitrogens with zero attached hydrogens (tertiary/aromatic N) is 6. The molecule has 1 N–H and O–H groups in total. The van der Waals surface area contributed by atoms with Gasteiger partial charge < -0.3 is 9.99 Å². The van der Waals surface area contributed by atoms with Crippen LogP contribution in [0.3, 0.4) is 0 Å². The molecule has 0 fully saturated rings. The highest BCUT2D eigenvalue weighted by Gasteiger charge is 2.22. The fourth-order valence-corrected chi connectivity index (χ4v) is 7.99. The molecule has 7 heteroatoms. The van der Waals surface area contributed by atoms with E-state index in [9.17, 15) is 0 Å². The van der Waals surface area contributed by atoms with Crippen LogP contribution >= 0.6 is 0 Å². The predicted octanol–water partition coefficient (Wildman–Crippen LogP) is 10.6. The summed E-state index contributed by atoms with van der Waals surface area (Å²) in [6, 6.07) is 37.5. The van der Waals surface area contributed by atoms with Crippen LogP contribution in [0.25, 0.3) is 66.1 Å². The van der Waals surface area contributed by atoms with E-state index in [2.05, 4.69) is 154 Å². The van der Waals surface area contributed by atoms with E-state index in [1.807, 2.05) is 35.5 Å². The van der Waals surface area contributed by atoms with Gasteiger partial charge in [-0.15, -0.1) is 6.58 Å². The van der Waals surface area contributed by atoms with Crippen LogP contribution in [-0.4, -0.2) is 47.8 Å². The van der Waals surface area contributed by atoms with Crippen molar-refractivity contribution in [2.24, 2.45) is 20.2 Å². The summed E-state index contributed by atoms with van der Waals surface area (Å²) in [6.07, 6.45) is 16.1. The molecule has 2 heterocycles. The maximum absolute atomic E-state index is 4.85. The Morgan fingerprint density at radius 2 is 1.35 bits per heavy atom. The minimum atomic E-state index is 0.457. The Balaban J connectivity index is 1.23. The molecule has 2 aliphatic rings. The van der Waals surface area contributed by atoms with Crippen LogP contribution in [0.5, 0.6) is 0 Å². The molecule has 0 saturated heterocycles. The van der Waals surface area contributed by atoms with Crippen molar-refractivity contribution in [3.63, 3.8) is 0 Å². The number of amidine groups is 2. The lowest BCUT2D eigenvalue weighted by atomic mass is 9.91. The SMILES string of the molecule is C=CCN/N=C(\N=C)c1cc(/C(N=C)=N/N2C=CC=CC2)cc(-n2c3c(c4cc(-c5ccc6c7ccccc7c7ccccc7c6c5)ccc42)C=CCC3)c1. The Labute approximate surface area is 320 Å². The summed E-state index contributed by atoms with van der Waals surface area (Å²) >= 11 is 0. The first-order valence-electron chi connectivity index (χ1n) is 18.5. The summed E-state index contributed by atoms with van der Waals surface area (Å²) < 4.78 is 2.37. The lowest BCUT2D eigenvalue weighted by Gasteiger charge is -2.18. The van der Waals surface area contributed by atoms with Crippen molar-refractivity contribution in [3.8, 4) is 16.8 Å². The molecule has 6 aromatic carbocycles. The number of rotatable bonds is 8. The Morgan fingerprint density at radius 3 is 2.02 bits per heavy atom. The third kappa shape index (κ3) is 6.05. The quantitative estimate of drug-likeness (QED) is 0.0425. The Morgan fingerprint density at radius 1 is 0.691 bits per heavy atom. The van der Waals surface area contributed by atoms with E-state index in [4.69, 9.17) is 5.10 Å². The lowest BCUT2D eigenvalue weighted by molar-refractivity contribution is 0.439. The first-order chi connectivity index (χ1) is 27.1. The monoisotopic (exact) mass is 713 g/mol. The molecule has 266 valence electrons. The number of nitrogens with one attached hydrogen (secondary N) is 1. The van der Waals surface area contributed by atoms with E-state index in [-0.39, 0.29) is 0 Å². The van der Waals surface area contributed by atoms with Crippen molar-refractivity contribution >= 4 is 74.4 Å². The largest absolute Gasteiger partial charge is 0.313 e. The van der Waals surface area contributed by atoms with Gasteiger partial charge in [-0.3, -0.25) is 5.01 Å². The third-order valence-electron chi connectivity index (χ3n) is 10.5. The van der Waals surface area contributed by atoms with E-state index in [0.29, 0.717) is 24.8 Å². The highest BCUT2D eigenvalue weighted by Crippen LogP contribution is 2.40. The predicted molar refractivity (Wildman–Crippen MR) is 234 cm³/mol. The van der Waals surface area contributed by atoms with E-state index in [1.165, 1.54) is 60.1 Å². The molecule has 0 bridgehead atoms. The molecule has 1 aliphatic carbocycles. The fourth-order valence-electron chi connectivity index (χ4n) is 7.99. The number of allylic oxidation sites excluding steroid dienone is 3. The van der Waals surface area contributed by atoms with E-state index < -0.39 is 0 Å². The molecule has 55 heavy (non-hydrogen) atoms. The Hall–Kier alpha value is -7.12. The zero-order chi connectivity index (χ0) is 37.3. The zero-order valence-corrected chi connectivity index (χ0v) is 30.5. The van der Waals surface area contributed by atoms with Crippen LogP contribution in [0.2, 0.25) is 0 Å². The average molecular weight is 714 g/mol. The van der Waals surface area contributed by atoms with Gasteiger partial charge in [-0.25, -0.2) is 9.98 Å². The van der Waals surface area contributed by atoms with Crippen molar-refractivity contribution in [3.05, 3.63) is 169 Å². The molecular weight excluding hydrogens is 675 g/mol. The molecule has 1 aliphatic heterocycles. The Bertz CT molecular complexity index is 2830. The van der Waals surface area contributed by atoms with Gasteiger partial charge in [0.05, 0.1) is 18.6 Å². The zero-order valence-electron chi connectivity index (χ0n) is 30.5. The maximum atomic E-state index is 4.85. The van der Waals surface area contributed by atoms with Crippen LogP contribution in [0, 0.1) is 0 Å². The van der Waals surface area contributed by atoms with E-state index in [1.54, 1.807) is 6.08 Å².